The first-order valence-corrected chi connectivity index (χ1v) is 6.74. The minimum absolute atomic E-state index is 0.0982. The van der Waals surface area contributed by atoms with Gasteiger partial charge in [-0.2, -0.15) is 0 Å². The fourth-order valence-electron chi connectivity index (χ4n) is 2.14. The summed E-state index contributed by atoms with van der Waals surface area (Å²) in [6, 6.07) is 11.8. The Labute approximate surface area is 126 Å². The molecule has 1 heterocycles. The second-order valence-electron chi connectivity index (χ2n) is 4.81. The number of methoxy groups -OCH3 is 1. The smallest absolute Gasteiger partial charge is 0.199 e. The number of phenolic OH excluding ortho intramolecular Hbond substituents is 1. The molecule has 0 saturated heterocycles. The Kier molecular flexibility index (Phi) is 3.66. The Morgan fingerprint density at radius 2 is 1.86 bits per heavy atom. The van der Waals surface area contributed by atoms with Crippen LogP contribution >= 0.6 is 0 Å². The minimum Gasteiger partial charge on any atom is -0.508 e. The molecule has 0 unspecified atom stereocenters. The van der Waals surface area contributed by atoms with Crippen LogP contribution in [0.2, 0.25) is 0 Å². The Morgan fingerprint density at radius 1 is 1.09 bits per heavy atom. The van der Waals surface area contributed by atoms with Crippen molar-refractivity contribution in [3.63, 3.8) is 0 Å². The van der Waals surface area contributed by atoms with E-state index in [9.17, 15) is 9.90 Å². The minimum atomic E-state index is -0.0982. The van der Waals surface area contributed by atoms with Crippen LogP contribution in [0, 0.1) is 0 Å². The molecule has 0 atom stereocenters. The fourth-order valence-corrected chi connectivity index (χ4v) is 2.14. The van der Waals surface area contributed by atoms with E-state index in [2.05, 4.69) is 0 Å². The van der Waals surface area contributed by atoms with Crippen LogP contribution in [0.15, 0.2) is 57.9 Å². The van der Waals surface area contributed by atoms with Crippen molar-refractivity contribution in [2.24, 2.45) is 0 Å². The highest BCUT2D eigenvalue weighted by Gasteiger charge is 2.06. The van der Waals surface area contributed by atoms with E-state index in [0.717, 1.165) is 5.56 Å². The van der Waals surface area contributed by atoms with E-state index in [1.54, 1.807) is 61.7 Å². The van der Waals surface area contributed by atoms with Crippen molar-refractivity contribution < 1.29 is 14.3 Å². The first-order chi connectivity index (χ1) is 10.7. The third kappa shape index (κ3) is 2.72. The van der Waals surface area contributed by atoms with Crippen LogP contribution in [-0.2, 0) is 0 Å². The summed E-state index contributed by atoms with van der Waals surface area (Å²) < 4.78 is 10.6. The summed E-state index contributed by atoms with van der Waals surface area (Å²) in [5, 5.41) is 9.76. The molecule has 0 aliphatic heterocycles. The number of benzene rings is 2. The van der Waals surface area contributed by atoms with E-state index in [4.69, 9.17) is 9.15 Å². The van der Waals surface area contributed by atoms with Gasteiger partial charge >= 0.3 is 0 Å². The molecule has 0 aliphatic rings. The number of ether oxygens (including phenoxy) is 1. The lowest BCUT2D eigenvalue weighted by atomic mass is 10.1. The molecular weight excluding hydrogens is 280 g/mol. The van der Waals surface area contributed by atoms with E-state index < -0.39 is 0 Å². The maximum atomic E-state index is 12.4. The van der Waals surface area contributed by atoms with Gasteiger partial charge in [0.15, 0.2) is 5.43 Å². The quantitative estimate of drug-likeness (QED) is 0.800. The summed E-state index contributed by atoms with van der Waals surface area (Å²) in [4.78, 5) is 12.4. The highest BCUT2D eigenvalue weighted by molar-refractivity contribution is 5.81. The van der Waals surface area contributed by atoms with E-state index in [1.165, 1.54) is 6.26 Å². The largest absolute Gasteiger partial charge is 0.508 e. The maximum absolute atomic E-state index is 12.4. The van der Waals surface area contributed by atoms with Gasteiger partial charge in [0.1, 0.15) is 23.3 Å². The molecule has 1 N–H and O–H groups in total. The Hall–Kier alpha value is -3.01. The third-order valence-electron chi connectivity index (χ3n) is 3.36. The molecule has 0 fully saturated rings. The molecule has 22 heavy (non-hydrogen) atoms. The predicted octanol–water partition coefficient (Wildman–Crippen LogP) is 3.68. The van der Waals surface area contributed by atoms with Gasteiger partial charge in [0.2, 0.25) is 0 Å². The second kappa shape index (κ2) is 5.77. The van der Waals surface area contributed by atoms with Crippen molar-refractivity contribution in [1.29, 1.82) is 0 Å². The van der Waals surface area contributed by atoms with Gasteiger partial charge in [0.25, 0.3) is 0 Å². The molecule has 0 amide bonds. The molecule has 3 aromatic rings. The lowest BCUT2D eigenvalue weighted by molar-refractivity contribution is 0.414. The zero-order chi connectivity index (χ0) is 15.5. The maximum Gasteiger partial charge on any atom is 0.199 e. The van der Waals surface area contributed by atoms with E-state index >= 15 is 0 Å². The summed E-state index contributed by atoms with van der Waals surface area (Å²) in [5.41, 5.74) is 1.74. The lowest BCUT2D eigenvalue weighted by Gasteiger charge is -2.02. The summed E-state index contributed by atoms with van der Waals surface area (Å²) in [7, 11) is 1.56. The number of phenols is 1. The Morgan fingerprint density at radius 3 is 2.59 bits per heavy atom. The SMILES string of the molecule is COc1ccc2c(=O)c(/C=C/c3ccc(O)cc3)coc2c1. The molecule has 0 radical (unpaired) electrons. The average Bonchev–Trinajstić information content (AvgIpc) is 2.55. The van der Waals surface area contributed by atoms with Crippen LogP contribution in [0.1, 0.15) is 11.1 Å². The summed E-state index contributed by atoms with van der Waals surface area (Å²) in [6.07, 6.45) is 4.92. The van der Waals surface area contributed by atoms with Gasteiger partial charge in [-0.3, -0.25) is 4.79 Å². The summed E-state index contributed by atoms with van der Waals surface area (Å²) in [5.74, 6) is 0.847. The highest BCUT2D eigenvalue weighted by Crippen LogP contribution is 2.19. The molecule has 0 saturated carbocycles. The number of fused-ring (bicyclic) bond motifs is 1. The van der Waals surface area contributed by atoms with Crippen LogP contribution in [-0.4, -0.2) is 12.2 Å². The van der Waals surface area contributed by atoms with Crippen molar-refractivity contribution in [1.82, 2.24) is 0 Å². The topological polar surface area (TPSA) is 59.7 Å². The zero-order valence-electron chi connectivity index (χ0n) is 11.9. The second-order valence-corrected chi connectivity index (χ2v) is 4.81. The molecule has 0 aliphatic carbocycles. The monoisotopic (exact) mass is 294 g/mol. The number of hydrogen-bond donors (Lipinski definition) is 1. The molecular formula is C18H14O4. The normalized spacial score (nSPS) is 11.1. The number of hydrogen-bond acceptors (Lipinski definition) is 4. The van der Waals surface area contributed by atoms with Gasteiger partial charge in [-0.25, -0.2) is 0 Å². The Balaban J connectivity index is 1.99. The number of aromatic hydroxyl groups is 1. The number of rotatable bonds is 3. The van der Waals surface area contributed by atoms with E-state index in [1.807, 2.05) is 0 Å². The van der Waals surface area contributed by atoms with Gasteiger partial charge in [-0.1, -0.05) is 18.2 Å². The van der Waals surface area contributed by atoms with Crippen LogP contribution in [0.3, 0.4) is 0 Å². The van der Waals surface area contributed by atoms with Gasteiger partial charge in [-0.15, -0.1) is 0 Å². The lowest BCUT2D eigenvalue weighted by Crippen LogP contribution is -2.04. The van der Waals surface area contributed by atoms with Crippen LogP contribution in [0.4, 0.5) is 0 Å². The molecule has 4 heteroatoms. The molecule has 2 aromatic carbocycles. The van der Waals surface area contributed by atoms with E-state index in [-0.39, 0.29) is 11.2 Å². The van der Waals surface area contributed by atoms with Crippen molar-refractivity contribution >= 4 is 23.1 Å². The zero-order valence-corrected chi connectivity index (χ0v) is 11.9. The van der Waals surface area contributed by atoms with Crippen LogP contribution in [0.25, 0.3) is 23.1 Å². The predicted molar refractivity (Wildman–Crippen MR) is 86.1 cm³/mol. The summed E-state index contributed by atoms with van der Waals surface area (Å²) >= 11 is 0. The van der Waals surface area contributed by atoms with Gasteiger partial charge in [0.05, 0.1) is 18.1 Å². The van der Waals surface area contributed by atoms with Crippen LogP contribution in [0.5, 0.6) is 11.5 Å². The molecule has 0 spiro atoms. The molecule has 4 nitrogen and oxygen atoms in total. The van der Waals surface area contributed by atoms with Gasteiger partial charge < -0.3 is 14.3 Å². The third-order valence-corrected chi connectivity index (χ3v) is 3.36. The average molecular weight is 294 g/mol. The van der Waals surface area contributed by atoms with Gasteiger partial charge in [-0.05, 0) is 35.9 Å². The molecule has 0 bridgehead atoms. The van der Waals surface area contributed by atoms with Crippen LogP contribution < -0.4 is 10.2 Å². The molecule has 3 rings (SSSR count). The first kappa shape index (κ1) is 13.9. The Bertz CT molecular complexity index is 889. The standard InChI is InChI=1S/C18H14O4/c1-21-15-8-9-16-17(10-15)22-11-13(18(16)20)5-2-12-3-6-14(19)7-4-12/h2-11,19H,1H3/b5-2+. The van der Waals surface area contributed by atoms with Crippen molar-refractivity contribution in [2.75, 3.05) is 7.11 Å². The van der Waals surface area contributed by atoms with Gasteiger partial charge in [0, 0.05) is 6.07 Å². The van der Waals surface area contributed by atoms with Crippen molar-refractivity contribution in [3.8, 4) is 11.5 Å². The van der Waals surface area contributed by atoms with Crippen molar-refractivity contribution in [3.05, 3.63) is 70.1 Å². The highest BCUT2D eigenvalue weighted by atomic mass is 16.5. The summed E-state index contributed by atoms with van der Waals surface area (Å²) in [6.45, 7) is 0. The molecule has 1 aromatic heterocycles. The fraction of sp³-hybridized carbons (Fsp3) is 0.0556. The first-order valence-electron chi connectivity index (χ1n) is 6.74. The van der Waals surface area contributed by atoms with Crippen molar-refractivity contribution in [2.45, 2.75) is 0 Å². The molecule has 110 valence electrons. The van der Waals surface area contributed by atoms with E-state index in [0.29, 0.717) is 22.3 Å².